The first kappa shape index (κ1) is 14.8. The van der Waals surface area contributed by atoms with Crippen LogP contribution in [0.4, 0.5) is 0 Å². The van der Waals surface area contributed by atoms with Crippen LogP contribution in [-0.2, 0) is 20.9 Å². The molecule has 2 rings (SSSR count). The van der Waals surface area contributed by atoms with E-state index in [1.807, 2.05) is 30.3 Å². The number of amides is 1. The third-order valence-electron chi connectivity index (χ3n) is 2.29. The molecule has 1 aromatic carbocycles. The number of aliphatic carboxylic acids is 1. The van der Waals surface area contributed by atoms with E-state index in [9.17, 15) is 14.7 Å². The summed E-state index contributed by atoms with van der Waals surface area (Å²) in [5.41, 5.74) is 0.946. The van der Waals surface area contributed by atoms with Gasteiger partial charge in [-0.2, -0.15) is 0 Å². The van der Waals surface area contributed by atoms with Gasteiger partial charge in [-0.15, -0.1) is 0 Å². The number of carboxylic acid groups (broad SMARTS) is 1. The first-order valence-corrected chi connectivity index (χ1v) is 4.86. The average molecular weight is 259 g/mol. The molecular formula is C11H10KNO4. The average Bonchev–Trinajstić information content (AvgIpc) is 3.07. The molecule has 1 amide bonds. The van der Waals surface area contributed by atoms with Crippen molar-refractivity contribution in [1.82, 2.24) is 5.32 Å². The minimum absolute atomic E-state index is 0. The fourth-order valence-electron chi connectivity index (χ4n) is 1.38. The summed E-state index contributed by atoms with van der Waals surface area (Å²) >= 11 is 0. The van der Waals surface area contributed by atoms with E-state index < -0.39 is 24.1 Å². The fourth-order valence-corrected chi connectivity index (χ4v) is 1.38. The molecule has 0 bridgehead atoms. The summed E-state index contributed by atoms with van der Waals surface area (Å²) in [6.07, 6.45) is -1.98. The standard InChI is InChI=1S/C11H11NO4.K/c13-10(8-9(16-8)11(14)15)12-6-7-4-2-1-3-5-7;/h1-5,8-9H,6H2,(H,12,13)(H,14,15);/q;+1/p-1. The predicted octanol–water partition coefficient (Wildman–Crippen LogP) is -4.18. The number of carboxylic acids is 1. The van der Waals surface area contributed by atoms with Gasteiger partial charge in [-0.3, -0.25) is 4.79 Å². The molecule has 2 unspecified atom stereocenters. The summed E-state index contributed by atoms with van der Waals surface area (Å²) < 4.78 is 4.65. The van der Waals surface area contributed by atoms with Crippen LogP contribution in [0.5, 0.6) is 0 Å². The van der Waals surface area contributed by atoms with Gasteiger partial charge in [0.05, 0.1) is 5.97 Å². The molecule has 1 N–H and O–H groups in total. The van der Waals surface area contributed by atoms with Crippen molar-refractivity contribution in [3.63, 3.8) is 0 Å². The van der Waals surface area contributed by atoms with E-state index in [4.69, 9.17) is 0 Å². The summed E-state index contributed by atoms with van der Waals surface area (Å²) in [5.74, 6) is -1.77. The Morgan fingerprint density at radius 1 is 1.24 bits per heavy atom. The van der Waals surface area contributed by atoms with Gasteiger partial charge in [0.15, 0.2) is 6.10 Å². The molecule has 1 heterocycles. The predicted molar refractivity (Wildman–Crippen MR) is 52.0 cm³/mol. The van der Waals surface area contributed by atoms with E-state index in [1.165, 1.54) is 0 Å². The largest absolute Gasteiger partial charge is 1.00 e. The summed E-state index contributed by atoms with van der Waals surface area (Å²) in [7, 11) is 0. The Labute approximate surface area is 141 Å². The maximum atomic E-state index is 11.4. The van der Waals surface area contributed by atoms with Gasteiger partial charge in [0, 0.05) is 6.54 Å². The van der Waals surface area contributed by atoms with E-state index in [1.54, 1.807) is 0 Å². The van der Waals surface area contributed by atoms with Gasteiger partial charge in [0.1, 0.15) is 6.10 Å². The van der Waals surface area contributed by atoms with Crippen LogP contribution in [0.1, 0.15) is 5.56 Å². The molecule has 6 heteroatoms. The summed E-state index contributed by atoms with van der Waals surface area (Å²) in [4.78, 5) is 21.7. The van der Waals surface area contributed by atoms with Crippen LogP contribution in [0.15, 0.2) is 30.3 Å². The number of carbonyl (C=O) groups is 2. The Bertz CT molecular complexity index is 409. The topological polar surface area (TPSA) is 81.8 Å². The van der Waals surface area contributed by atoms with Crippen molar-refractivity contribution in [2.24, 2.45) is 0 Å². The van der Waals surface area contributed by atoms with Gasteiger partial charge < -0.3 is 20.0 Å². The third kappa shape index (κ3) is 4.16. The number of benzene rings is 1. The number of hydrogen-bond acceptors (Lipinski definition) is 4. The number of nitrogens with one attached hydrogen (secondary N) is 1. The second kappa shape index (κ2) is 6.63. The number of hydrogen-bond donors (Lipinski definition) is 1. The Kier molecular flexibility index (Phi) is 5.77. The number of epoxide rings is 1. The zero-order chi connectivity index (χ0) is 11.5. The van der Waals surface area contributed by atoms with Crippen LogP contribution < -0.4 is 61.8 Å². The monoisotopic (exact) mass is 259 g/mol. The van der Waals surface area contributed by atoms with Crippen molar-refractivity contribution >= 4 is 11.9 Å². The molecule has 0 spiro atoms. The van der Waals surface area contributed by atoms with Crippen LogP contribution in [0, 0.1) is 0 Å². The van der Waals surface area contributed by atoms with Gasteiger partial charge >= 0.3 is 51.4 Å². The summed E-state index contributed by atoms with van der Waals surface area (Å²) in [6, 6.07) is 9.33. The molecular weight excluding hydrogens is 249 g/mol. The maximum absolute atomic E-state index is 11.4. The van der Waals surface area contributed by atoms with Crippen LogP contribution >= 0.6 is 0 Å². The molecule has 2 atom stereocenters. The van der Waals surface area contributed by atoms with Crippen LogP contribution in [0.2, 0.25) is 0 Å². The number of ether oxygens (including phenoxy) is 1. The summed E-state index contributed by atoms with van der Waals surface area (Å²) in [5, 5.41) is 12.9. The van der Waals surface area contributed by atoms with E-state index in [2.05, 4.69) is 10.1 Å². The molecule has 1 aromatic rings. The van der Waals surface area contributed by atoms with E-state index in [0.717, 1.165) is 5.56 Å². The Morgan fingerprint density at radius 3 is 2.41 bits per heavy atom. The number of rotatable bonds is 4. The normalized spacial score (nSPS) is 21.2. The molecule has 5 nitrogen and oxygen atoms in total. The zero-order valence-electron chi connectivity index (χ0n) is 9.38. The van der Waals surface area contributed by atoms with Gasteiger partial charge in [-0.05, 0) is 5.56 Å². The number of carbonyl (C=O) groups excluding carboxylic acids is 2. The molecule has 1 fully saturated rings. The minimum atomic E-state index is -1.35. The first-order valence-electron chi connectivity index (χ1n) is 4.86. The second-order valence-electron chi connectivity index (χ2n) is 3.50. The summed E-state index contributed by atoms with van der Waals surface area (Å²) in [6.45, 7) is 0.360. The van der Waals surface area contributed by atoms with Crippen LogP contribution in [-0.4, -0.2) is 24.1 Å². The molecule has 0 saturated carbocycles. The van der Waals surface area contributed by atoms with Crippen molar-refractivity contribution in [2.45, 2.75) is 18.8 Å². The zero-order valence-corrected chi connectivity index (χ0v) is 12.5. The van der Waals surface area contributed by atoms with E-state index >= 15 is 0 Å². The smallest absolute Gasteiger partial charge is 0.547 e. The van der Waals surface area contributed by atoms with E-state index in [-0.39, 0.29) is 51.4 Å². The van der Waals surface area contributed by atoms with Gasteiger partial charge in [0.25, 0.3) is 5.91 Å². The van der Waals surface area contributed by atoms with Crippen molar-refractivity contribution in [3.8, 4) is 0 Å². The molecule has 0 aliphatic carbocycles. The van der Waals surface area contributed by atoms with Crippen molar-refractivity contribution in [3.05, 3.63) is 35.9 Å². The maximum Gasteiger partial charge on any atom is 1.00 e. The second-order valence-corrected chi connectivity index (χ2v) is 3.50. The first-order chi connectivity index (χ1) is 7.68. The molecule has 1 aliphatic heterocycles. The minimum Gasteiger partial charge on any atom is -0.547 e. The molecule has 1 saturated heterocycles. The van der Waals surface area contributed by atoms with Crippen molar-refractivity contribution in [2.75, 3.05) is 0 Å². The molecule has 0 aromatic heterocycles. The molecule has 0 radical (unpaired) electrons. The van der Waals surface area contributed by atoms with Gasteiger partial charge in [-0.1, -0.05) is 30.3 Å². The Hall–Kier alpha value is -0.244. The van der Waals surface area contributed by atoms with Crippen LogP contribution in [0.25, 0.3) is 0 Å². The fraction of sp³-hybridized carbons (Fsp3) is 0.273. The van der Waals surface area contributed by atoms with Crippen molar-refractivity contribution < 1.29 is 70.8 Å². The molecule has 17 heavy (non-hydrogen) atoms. The van der Waals surface area contributed by atoms with E-state index in [0.29, 0.717) is 6.54 Å². The third-order valence-corrected chi connectivity index (χ3v) is 2.29. The molecule has 84 valence electrons. The van der Waals surface area contributed by atoms with Gasteiger partial charge in [-0.25, -0.2) is 0 Å². The molecule has 1 aliphatic rings. The van der Waals surface area contributed by atoms with Crippen LogP contribution in [0.3, 0.4) is 0 Å². The van der Waals surface area contributed by atoms with Gasteiger partial charge in [0.2, 0.25) is 0 Å². The Balaban J connectivity index is 0.00000144. The Morgan fingerprint density at radius 2 is 1.88 bits per heavy atom. The quantitative estimate of drug-likeness (QED) is 0.439. The SMILES string of the molecule is O=C([O-])C1OC1C(=O)NCc1ccccc1.[K+]. The van der Waals surface area contributed by atoms with Crippen molar-refractivity contribution in [1.29, 1.82) is 0 Å².